The highest BCUT2D eigenvalue weighted by molar-refractivity contribution is 5.77. The van der Waals surface area contributed by atoms with Crippen LogP contribution in [-0.2, 0) is 38.0 Å². The summed E-state index contributed by atoms with van der Waals surface area (Å²) in [5.74, 6) is -2.51. The van der Waals surface area contributed by atoms with Crippen molar-refractivity contribution in [2.45, 2.75) is 173 Å². The van der Waals surface area contributed by atoms with Gasteiger partial charge in [-0.3, -0.25) is 4.79 Å². The average Bonchev–Trinajstić information content (AvgIpc) is 3.09. The maximum Gasteiger partial charge on any atom is 0.407 e. The van der Waals surface area contributed by atoms with E-state index in [0.717, 1.165) is 0 Å². The Hall–Kier alpha value is -2.59. The number of hydrogen-bond donors (Lipinski definition) is 5. The summed E-state index contributed by atoms with van der Waals surface area (Å²) < 4.78 is 35.9. The van der Waals surface area contributed by atoms with Crippen molar-refractivity contribution in [3.05, 3.63) is 23.8 Å². The number of carbonyl (C=O) groups is 3. The fraction of sp³-hybridized carbons (Fsp3) is 0.816. The van der Waals surface area contributed by atoms with Gasteiger partial charge in [0.1, 0.15) is 23.4 Å². The topological polar surface area (TPSA) is 200 Å². The minimum Gasteiger partial charge on any atom is -0.456 e. The molecule has 2 saturated heterocycles. The molecule has 2 aliphatic carbocycles. The van der Waals surface area contributed by atoms with Gasteiger partial charge in [-0.25, -0.2) is 9.59 Å². The number of hydrogen-bond acceptors (Lipinski definition) is 13. The first-order valence-corrected chi connectivity index (χ1v) is 18.3. The van der Waals surface area contributed by atoms with Crippen molar-refractivity contribution < 1.29 is 63.2 Å². The fourth-order valence-electron chi connectivity index (χ4n) is 8.43. The fourth-order valence-corrected chi connectivity index (χ4v) is 8.43. The van der Waals surface area contributed by atoms with E-state index in [1.807, 2.05) is 20.8 Å². The number of fused-ring (bicyclic) bond motifs is 2. The summed E-state index contributed by atoms with van der Waals surface area (Å²) in [6, 6.07) is -1.05. The molecule has 2 unspecified atom stereocenters. The zero-order chi connectivity index (χ0) is 39.1. The molecule has 4 aliphatic rings. The van der Waals surface area contributed by atoms with Gasteiger partial charge in [0.2, 0.25) is 0 Å². The monoisotopic (exact) mass is 739 g/mol. The van der Waals surface area contributed by atoms with Crippen LogP contribution in [0.2, 0.25) is 0 Å². The summed E-state index contributed by atoms with van der Waals surface area (Å²) in [4.78, 5) is 39.3. The standard InChI is InChI=1S/C38H61NO13/c1-12-28-50-26-17-27-38(46,18-47-27)31-24(41)16-22(30(48-21(5)40)32(51-28)37(26,31)11)20(4)25(13-14-36(9,10)45)49-33(43)29(42)23(15-19(2)3)39-34(44)52-35(6,7)8/h12,19,23-32,41-42,45-46H,1,13-18H2,2-11H3,(H,39,44)/b22-20+/t23?,24-,25+,26+,27-,28?,29-,30+,31+,32+,37-,38+/m1/s1. The second-order valence-electron chi connectivity index (χ2n) is 17.3. The number of ether oxygens (including phenoxy) is 6. The number of aliphatic hydroxyl groups excluding tert-OH is 2. The van der Waals surface area contributed by atoms with E-state index in [1.165, 1.54) is 13.0 Å². The van der Waals surface area contributed by atoms with Crippen LogP contribution in [0.4, 0.5) is 4.79 Å². The first kappa shape index (κ1) is 42.2. The Bertz CT molecular complexity index is 1370. The predicted octanol–water partition coefficient (Wildman–Crippen LogP) is 3.21. The lowest BCUT2D eigenvalue weighted by molar-refractivity contribution is -0.389. The first-order chi connectivity index (χ1) is 23.9. The molecule has 5 N–H and O–H groups in total. The van der Waals surface area contributed by atoms with Crippen molar-refractivity contribution in [1.82, 2.24) is 5.32 Å². The zero-order valence-electron chi connectivity index (χ0n) is 32.3. The SMILES string of the molecule is C=CC1O[C@H]2C[C@H]3OC[C@@]3(O)[C@H]3[C@H](O)C/C(=C(/C)[C@H](CCC(C)(C)O)OC(=O)[C@H](O)C(CC(C)C)NC(=O)OC(C)(C)C)[C@H](OC(C)=O)[C@H](O1)[C@]23C. The lowest BCUT2D eigenvalue weighted by Crippen LogP contribution is -2.78. The summed E-state index contributed by atoms with van der Waals surface area (Å²) in [5, 5.41) is 48.7. The van der Waals surface area contributed by atoms with E-state index in [1.54, 1.807) is 41.5 Å². The lowest BCUT2D eigenvalue weighted by atomic mass is 9.52. The third kappa shape index (κ3) is 9.02. The third-order valence-corrected chi connectivity index (χ3v) is 10.8. The van der Waals surface area contributed by atoms with Crippen LogP contribution in [-0.4, -0.2) is 117 Å². The van der Waals surface area contributed by atoms with Crippen LogP contribution in [0, 0.1) is 17.3 Å². The molecule has 12 atom stereocenters. The molecule has 14 nitrogen and oxygen atoms in total. The van der Waals surface area contributed by atoms with E-state index in [0.29, 0.717) is 17.6 Å². The molecule has 0 spiro atoms. The molecule has 0 aromatic heterocycles. The van der Waals surface area contributed by atoms with E-state index in [-0.39, 0.29) is 38.2 Å². The Balaban J connectivity index is 1.78. The minimum atomic E-state index is -1.79. The minimum absolute atomic E-state index is 0.00580. The number of carbonyl (C=O) groups excluding carboxylic acids is 3. The molecule has 2 saturated carbocycles. The molecule has 2 heterocycles. The quantitative estimate of drug-likeness (QED) is 0.111. The van der Waals surface area contributed by atoms with Crippen LogP contribution >= 0.6 is 0 Å². The number of esters is 2. The Kier molecular flexibility index (Phi) is 12.7. The Labute approximate surface area is 307 Å². The molecular weight excluding hydrogens is 678 g/mol. The Morgan fingerprint density at radius 3 is 2.29 bits per heavy atom. The maximum absolute atomic E-state index is 13.8. The van der Waals surface area contributed by atoms with Crippen molar-refractivity contribution in [3.63, 3.8) is 0 Å². The molecule has 4 rings (SSSR count). The molecule has 52 heavy (non-hydrogen) atoms. The van der Waals surface area contributed by atoms with Crippen LogP contribution in [0.1, 0.15) is 101 Å². The number of rotatable bonds is 12. The molecule has 296 valence electrons. The van der Waals surface area contributed by atoms with Crippen molar-refractivity contribution in [3.8, 4) is 0 Å². The number of amides is 1. The van der Waals surface area contributed by atoms with E-state index >= 15 is 0 Å². The molecule has 0 aromatic rings. The summed E-state index contributed by atoms with van der Waals surface area (Å²) in [6.07, 6.45) is -6.86. The maximum atomic E-state index is 13.8. The molecule has 0 radical (unpaired) electrons. The van der Waals surface area contributed by atoms with Crippen molar-refractivity contribution >= 4 is 18.0 Å². The van der Waals surface area contributed by atoms with Crippen LogP contribution in [0.5, 0.6) is 0 Å². The van der Waals surface area contributed by atoms with E-state index in [9.17, 15) is 34.8 Å². The van der Waals surface area contributed by atoms with E-state index < -0.39 is 101 Å². The van der Waals surface area contributed by atoms with Gasteiger partial charge in [-0.1, -0.05) is 27.4 Å². The number of nitrogens with one attached hydrogen (secondary N) is 1. The van der Waals surface area contributed by atoms with Gasteiger partial charge in [0, 0.05) is 24.7 Å². The normalized spacial score (nSPS) is 35.7. The van der Waals surface area contributed by atoms with Gasteiger partial charge in [-0.2, -0.15) is 0 Å². The molecule has 1 amide bonds. The summed E-state index contributed by atoms with van der Waals surface area (Å²) in [7, 11) is 0. The largest absolute Gasteiger partial charge is 0.456 e. The molecular formula is C38H61NO13. The zero-order valence-corrected chi connectivity index (χ0v) is 32.3. The van der Waals surface area contributed by atoms with Gasteiger partial charge < -0.3 is 54.2 Å². The van der Waals surface area contributed by atoms with E-state index in [2.05, 4.69) is 11.9 Å². The predicted molar refractivity (Wildman–Crippen MR) is 188 cm³/mol. The Morgan fingerprint density at radius 2 is 1.77 bits per heavy atom. The van der Waals surface area contributed by atoms with Crippen LogP contribution in [0.3, 0.4) is 0 Å². The van der Waals surface area contributed by atoms with Gasteiger partial charge >= 0.3 is 18.0 Å². The Morgan fingerprint density at radius 1 is 1.12 bits per heavy atom. The molecule has 2 aliphatic heterocycles. The summed E-state index contributed by atoms with van der Waals surface area (Å²) >= 11 is 0. The second-order valence-corrected chi connectivity index (χ2v) is 17.3. The van der Waals surface area contributed by atoms with Crippen molar-refractivity contribution in [2.75, 3.05) is 6.61 Å². The van der Waals surface area contributed by atoms with Crippen LogP contribution in [0.15, 0.2) is 23.8 Å². The highest BCUT2D eigenvalue weighted by Gasteiger charge is 2.73. The molecule has 14 heteroatoms. The summed E-state index contributed by atoms with van der Waals surface area (Å²) in [6.45, 7) is 20.7. The smallest absolute Gasteiger partial charge is 0.407 e. The molecule has 4 fully saturated rings. The van der Waals surface area contributed by atoms with Gasteiger partial charge in [-0.15, -0.1) is 0 Å². The first-order valence-electron chi connectivity index (χ1n) is 18.3. The molecule has 0 bridgehead atoms. The highest BCUT2D eigenvalue weighted by Crippen LogP contribution is 2.61. The highest BCUT2D eigenvalue weighted by atomic mass is 16.7. The van der Waals surface area contributed by atoms with Gasteiger partial charge in [0.15, 0.2) is 18.5 Å². The van der Waals surface area contributed by atoms with Crippen LogP contribution in [0.25, 0.3) is 0 Å². The second kappa shape index (κ2) is 15.6. The van der Waals surface area contributed by atoms with Gasteiger partial charge in [0.05, 0.1) is 36.6 Å². The average molecular weight is 740 g/mol. The van der Waals surface area contributed by atoms with Crippen LogP contribution < -0.4 is 5.32 Å². The van der Waals surface area contributed by atoms with Gasteiger partial charge in [-0.05, 0) is 90.4 Å². The van der Waals surface area contributed by atoms with E-state index in [4.69, 9.17) is 28.4 Å². The van der Waals surface area contributed by atoms with Crippen molar-refractivity contribution in [1.29, 1.82) is 0 Å². The lowest BCUT2D eigenvalue weighted by Gasteiger charge is -2.65. The number of aliphatic hydroxyl groups is 4. The number of alkyl carbamates (subject to hydrolysis) is 1. The molecule has 0 aromatic carbocycles. The van der Waals surface area contributed by atoms with Gasteiger partial charge in [0.25, 0.3) is 0 Å². The van der Waals surface area contributed by atoms with Crippen molar-refractivity contribution in [2.24, 2.45) is 17.3 Å². The summed E-state index contributed by atoms with van der Waals surface area (Å²) in [5.41, 5.74) is -3.67. The third-order valence-electron chi connectivity index (χ3n) is 10.8.